The number of aliphatic carboxylic acids is 2. The van der Waals surface area contributed by atoms with Gasteiger partial charge in [0.2, 0.25) is 0 Å². The number of benzene rings is 2. The molecule has 176 valence electrons. The lowest BCUT2D eigenvalue weighted by Crippen LogP contribution is -2.46. The topological polar surface area (TPSA) is 90.3 Å². The smallest absolute Gasteiger partial charge is 0.328 e. The van der Waals surface area contributed by atoms with Crippen molar-refractivity contribution in [3.63, 3.8) is 0 Å². The monoisotopic (exact) mass is 474 g/mol. The van der Waals surface area contributed by atoms with Crippen molar-refractivity contribution in [1.29, 1.82) is 0 Å². The maximum absolute atomic E-state index is 13.8. The average Bonchev–Trinajstić information content (AvgIpc) is 2.94. The van der Waals surface area contributed by atoms with Crippen molar-refractivity contribution in [1.82, 2.24) is 9.80 Å². The lowest BCUT2D eigenvalue weighted by Gasteiger charge is -2.38. The van der Waals surface area contributed by atoms with Crippen LogP contribution in [0.25, 0.3) is 0 Å². The molecule has 7 nitrogen and oxygen atoms in total. The molecule has 0 aliphatic carbocycles. The van der Waals surface area contributed by atoms with E-state index in [9.17, 15) is 14.0 Å². The molecule has 1 unspecified atom stereocenters. The molecule has 0 amide bonds. The Bertz CT molecular complexity index is 1020. The number of rotatable bonds is 4. The fraction of sp³-hybridized carbons (Fsp3) is 0.333. The first kappa shape index (κ1) is 24.8. The molecule has 1 atom stereocenters. The molecule has 2 aromatic rings. The van der Waals surface area contributed by atoms with Gasteiger partial charge in [-0.2, -0.15) is 0 Å². The molecule has 2 aliphatic heterocycles. The van der Waals surface area contributed by atoms with Gasteiger partial charge in [-0.05, 0) is 54.9 Å². The van der Waals surface area contributed by atoms with E-state index in [1.807, 2.05) is 12.1 Å². The van der Waals surface area contributed by atoms with Gasteiger partial charge in [0.1, 0.15) is 11.6 Å². The normalized spacial score (nSPS) is 18.5. The largest absolute Gasteiger partial charge is 0.497 e. The van der Waals surface area contributed by atoms with Crippen LogP contribution in [-0.4, -0.2) is 72.3 Å². The number of halogens is 1. The highest BCUT2D eigenvalue weighted by atomic mass is 32.2. The second kappa shape index (κ2) is 11.3. The zero-order valence-electron chi connectivity index (χ0n) is 18.5. The number of carboxylic acids is 2. The molecule has 1 fully saturated rings. The number of ether oxygens (including phenoxy) is 1. The second-order valence-electron chi connectivity index (χ2n) is 7.83. The molecule has 0 aromatic heterocycles. The first-order valence-corrected chi connectivity index (χ1v) is 11.3. The Morgan fingerprint density at radius 3 is 2.30 bits per heavy atom. The minimum atomic E-state index is -1.26. The van der Waals surface area contributed by atoms with Crippen molar-refractivity contribution in [2.24, 2.45) is 0 Å². The van der Waals surface area contributed by atoms with Gasteiger partial charge in [-0.15, -0.1) is 0 Å². The minimum absolute atomic E-state index is 0.167. The quantitative estimate of drug-likeness (QED) is 0.651. The Kier molecular flexibility index (Phi) is 8.49. The van der Waals surface area contributed by atoms with Crippen LogP contribution in [0, 0.1) is 5.82 Å². The maximum atomic E-state index is 13.8. The maximum Gasteiger partial charge on any atom is 0.328 e. The van der Waals surface area contributed by atoms with E-state index in [4.69, 9.17) is 14.9 Å². The molecule has 2 N–H and O–H groups in total. The number of hydrogen-bond acceptors (Lipinski definition) is 6. The van der Waals surface area contributed by atoms with Crippen LogP contribution in [0.15, 0.2) is 58.3 Å². The van der Waals surface area contributed by atoms with E-state index in [0.29, 0.717) is 18.2 Å². The molecule has 2 heterocycles. The Morgan fingerprint density at radius 1 is 1.03 bits per heavy atom. The third-order valence-electron chi connectivity index (χ3n) is 5.59. The van der Waals surface area contributed by atoms with Gasteiger partial charge in [0, 0.05) is 54.2 Å². The third-order valence-corrected chi connectivity index (χ3v) is 6.78. The molecule has 0 spiro atoms. The van der Waals surface area contributed by atoms with Crippen LogP contribution in [-0.2, 0) is 16.0 Å². The van der Waals surface area contributed by atoms with Gasteiger partial charge < -0.3 is 19.8 Å². The number of carboxylic acid groups (broad SMARTS) is 2. The van der Waals surface area contributed by atoms with E-state index in [2.05, 4.69) is 29.0 Å². The van der Waals surface area contributed by atoms with E-state index < -0.39 is 11.9 Å². The van der Waals surface area contributed by atoms with Crippen molar-refractivity contribution in [2.45, 2.75) is 22.3 Å². The van der Waals surface area contributed by atoms with E-state index in [1.54, 1.807) is 31.0 Å². The highest BCUT2D eigenvalue weighted by molar-refractivity contribution is 7.99. The summed E-state index contributed by atoms with van der Waals surface area (Å²) in [7, 11) is 3.88. The van der Waals surface area contributed by atoms with Gasteiger partial charge in [0.05, 0.1) is 7.11 Å². The number of nitrogens with zero attached hydrogens (tertiary/aromatic N) is 2. The van der Waals surface area contributed by atoms with E-state index in [1.165, 1.54) is 16.0 Å². The molecule has 4 rings (SSSR count). The Hall–Kier alpha value is -2.88. The second-order valence-corrected chi connectivity index (χ2v) is 8.91. The summed E-state index contributed by atoms with van der Waals surface area (Å²) in [4.78, 5) is 26.3. The summed E-state index contributed by atoms with van der Waals surface area (Å²) >= 11 is 1.67. The molecule has 2 aliphatic rings. The lowest BCUT2D eigenvalue weighted by atomic mass is 9.96. The Morgan fingerprint density at radius 2 is 1.70 bits per heavy atom. The molecular weight excluding hydrogens is 447 g/mol. The van der Waals surface area contributed by atoms with Gasteiger partial charge in [-0.25, -0.2) is 14.0 Å². The Labute approximate surface area is 196 Å². The summed E-state index contributed by atoms with van der Waals surface area (Å²) in [5.41, 5.74) is 2.52. The molecule has 1 saturated heterocycles. The van der Waals surface area contributed by atoms with Crippen molar-refractivity contribution >= 4 is 23.7 Å². The fourth-order valence-electron chi connectivity index (χ4n) is 3.84. The zero-order valence-corrected chi connectivity index (χ0v) is 19.3. The molecule has 0 radical (unpaired) electrons. The van der Waals surface area contributed by atoms with Crippen LogP contribution in [0.1, 0.15) is 17.2 Å². The molecule has 33 heavy (non-hydrogen) atoms. The van der Waals surface area contributed by atoms with Crippen LogP contribution in [0.3, 0.4) is 0 Å². The molecular formula is C24H27FN2O5S. The summed E-state index contributed by atoms with van der Waals surface area (Å²) in [6.45, 7) is 4.27. The third kappa shape index (κ3) is 6.80. The van der Waals surface area contributed by atoms with Crippen LogP contribution >= 0.6 is 11.8 Å². The number of methoxy groups -OCH3 is 1. The average molecular weight is 475 g/mol. The van der Waals surface area contributed by atoms with E-state index in [-0.39, 0.29) is 5.82 Å². The predicted octanol–water partition coefficient (Wildman–Crippen LogP) is 3.54. The summed E-state index contributed by atoms with van der Waals surface area (Å²) in [6.07, 6.45) is 2.02. The summed E-state index contributed by atoms with van der Waals surface area (Å²) in [5.74, 6) is -1.80. The number of likely N-dealkylation sites (N-methyl/N-ethyl adjacent to an activating group) is 1. The predicted molar refractivity (Wildman–Crippen MR) is 123 cm³/mol. The SMILES string of the molecule is COc1ccc2c(c1)C(N1CCN(C)CC1)Cc1ccc(F)cc1S2.O=C(O)C=CC(=O)O. The van der Waals surface area contributed by atoms with E-state index in [0.717, 1.165) is 43.2 Å². The van der Waals surface area contributed by atoms with Crippen LogP contribution in [0.2, 0.25) is 0 Å². The highest BCUT2D eigenvalue weighted by Gasteiger charge is 2.30. The summed E-state index contributed by atoms with van der Waals surface area (Å²) < 4.78 is 19.2. The molecule has 0 bridgehead atoms. The van der Waals surface area contributed by atoms with Gasteiger partial charge in [-0.3, -0.25) is 4.90 Å². The van der Waals surface area contributed by atoms with Crippen molar-refractivity contribution < 1.29 is 28.9 Å². The van der Waals surface area contributed by atoms with E-state index >= 15 is 0 Å². The Balaban J connectivity index is 0.000000331. The minimum Gasteiger partial charge on any atom is -0.497 e. The van der Waals surface area contributed by atoms with Gasteiger partial charge in [0.15, 0.2) is 0 Å². The first-order chi connectivity index (χ1) is 15.8. The van der Waals surface area contributed by atoms with Crippen molar-refractivity contribution in [2.75, 3.05) is 40.3 Å². The van der Waals surface area contributed by atoms with Crippen LogP contribution in [0.4, 0.5) is 4.39 Å². The first-order valence-electron chi connectivity index (χ1n) is 10.5. The molecule has 0 saturated carbocycles. The lowest BCUT2D eigenvalue weighted by molar-refractivity contribution is -0.134. The van der Waals surface area contributed by atoms with Crippen LogP contribution in [0.5, 0.6) is 5.75 Å². The van der Waals surface area contributed by atoms with Crippen molar-refractivity contribution in [3.05, 3.63) is 65.5 Å². The zero-order chi connectivity index (χ0) is 24.0. The number of fused-ring (bicyclic) bond motifs is 2. The van der Waals surface area contributed by atoms with Crippen LogP contribution < -0.4 is 4.74 Å². The fourth-order valence-corrected chi connectivity index (χ4v) is 4.98. The van der Waals surface area contributed by atoms with Gasteiger partial charge in [-0.1, -0.05) is 17.8 Å². The number of piperazine rings is 1. The standard InChI is InChI=1S/C20H23FN2OS.C4H4O4/c1-22-7-9-23(10-8-22)18-11-14-3-4-15(21)12-20(14)25-19-6-5-16(24-2)13-17(18)19;5-3(6)1-2-4(7)8/h3-6,12-13,18H,7-11H2,1-2H3;1-2H,(H,5,6)(H,7,8). The summed E-state index contributed by atoms with van der Waals surface area (Å²) in [6, 6.07) is 11.8. The number of hydrogen-bond donors (Lipinski definition) is 2. The highest BCUT2D eigenvalue weighted by Crippen LogP contribution is 2.44. The molecule has 2 aromatic carbocycles. The number of carbonyl (C=O) groups is 2. The molecule has 9 heteroatoms. The van der Waals surface area contributed by atoms with Gasteiger partial charge in [0.25, 0.3) is 0 Å². The summed E-state index contributed by atoms with van der Waals surface area (Å²) in [5, 5.41) is 15.6. The van der Waals surface area contributed by atoms with Crippen molar-refractivity contribution in [3.8, 4) is 5.75 Å². The van der Waals surface area contributed by atoms with Gasteiger partial charge >= 0.3 is 11.9 Å².